The van der Waals surface area contributed by atoms with Gasteiger partial charge in [-0.3, -0.25) is 5.84 Å². The second kappa shape index (κ2) is 8.08. The summed E-state index contributed by atoms with van der Waals surface area (Å²) >= 11 is 1.73. The summed E-state index contributed by atoms with van der Waals surface area (Å²) in [5.74, 6) is 6.69. The van der Waals surface area contributed by atoms with Crippen molar-refractivity contribution in [2.24, 2.45) is 5.84 Å². The van der Waals surface area contributed by atoms with Crippen molar-refractivity contribution in [1.29, 1.82) is 0 Å². The average molecular weight is 302 g/mol. The number of benzene rings is 2. The van der Waals surface area contributed by atoms with Gasteiger partial charge in [0.2, 0.25) is 0 Å². The van der Waals surface area contributed by atoms with E-state index in [0.29, 0.717) is 0 Å². The molecule has 0 amide bonds. The maximum Gasteiger partial charge on any atom is 0.119 e. The zero-order valence-electron chi connectivity index (χ0n) is 12.5. The number of hydrogen-bond donors (Lipinski definition) is 2. The third-order valence-corrected chi connectivity index (χ3v) is 4.11. The fourth-order valence-electron chi connectivity index (χ4n) is 2.25. The molecular weight excluding hydrogens is 280 g/mol. The molecule has 3 nitrogen and oxygen atoms in total. The molecule has 0 saturated heterocycles. The van der Waals surface area contributed by atoms with Gasteiger partial charge in [-0.25, -0.2) is 5.43 Å². The smallest absolute Gasteiger partial charge is 0.119 e. The predicted molar refractivity (Wildman–Crippen MR) is 89.6 cm³/mol. The van der Waals surface area contributed by atoms with E-state index in [1.807, 2.05) is 24.3 Å². The summed E-state index contributed by atoms with van der Waals surface area (Å²) in [7, 11) is 0. The summed E-state index contributed by atoms with van der Waals surface area (Å²) in [4.78, 5) is 1.23. The molecule has 0 aromatic heterocycles. The first-order chi connectivity index (χ1) is 10.3. The van der Waals surface area contributed by atoms with Crippen molar-refractivity contribution >= 4 is 11.8 Å². The predicted octanol–water partition coefficient (Wildman–Crippen LogP) is 3.75. The molecular formula is C17H22N2OS. The SMILES string of the molecule is CCCOc1ccc(C(NN)c2ccccc2SC)cc1. The second-order valence-corrected chi connectivity index (χ2v) is 5.61. The molecule has 2 aromatic carbocycles. The molecule has 1 atom stereocenters. The zero-order valence-corrected chi connectivity index (χ0v) is 13.3. The molecule has 0 fully saturated rings. The molecule has 0 saturated carbocycles. The highest BCUT2D eigenvalue weighted by Gasteiger charge is 2.15. The van der Waals surface area contributed by atoms with Crippen LogP contribution in [0.4, 0.5) is 0 Å². The van der Waals surface area contributed by atoms with Crippen molar-refractivity contribution in [3.63, 3.8) is 0 Å². The fraction of sp³-hybridized carbons (Fsp3) is 0.294. The Labute approximate surface area is 130 Å². The molecule has 0 heterocycles. The molecule has 1 unspecified atom stereocenters. The first-order valence-electron chi connectivity index (χ1n) is 7.12. The van der Waals surface area contributed by atoms with Gasteiger partial charge in [-0.05, 0) is 42.0 Å². The Balaban J connectivity index is 2.24. The van der Waals surface area contributed by atoms with Gasteiger partial charge >= 0.3 is 0 Å². The van der Waals surface area contributed by atoms with E-state index in [2.05, 4.69) is 42.9 Å². The topological polar surface area (TPSA) is 47.3 Å². The summed E-state index contributed by atoms with van der Waals surface area (Å²) in [6.07, 6.45) is 3.09. The van der Waals surface area contributed by atoms with Crippen molar-refractivity contribution in [1.82, 2.24) is 5.43 Å². The number of hydrazine groups is 1. The van der Waals surface area contributed by atoms with E-state index in [1.54, 1.807) is 11.8 Å². The van der Waals surface area contributed by atoms with Crippen LogP contribution in [0.15, 0.2) is 53.4 Å². The highest BCUT2D eigenvalue weighted by atomic mass is 32.2. The van der Waals surface area contributed by atoms with Crippen LogP contribution in [-0.4, -0.2) is 12.9 Å². The van der Waals surface area contributed by atoms with E-state index in [9.17, 15) is 0 Å². The number of hydrogen-bond acceptors (Lipinski definition) is 4. The van der Waals surface area contributed by atoms with Gasteiger partial charge in [0.15, 0.2) is 0 Å². The quantitative estimate of drug-likeness (QED) is 0.464. The third-order valence-electron chi connectivity index (χ3n) is 3.30. The molecule has 0 bridgehead atoms. The fourth-order valence-corrected chi connectivity index (χ4v) is 2.88. The van der Waals surface area contributed by atoms with Crippen molar-refractivity contribution in [3.05, 3.63) is 59.7 Å². The van der Waals surface area contributed by atoms with Crippen molar-refractivity contribution in [2.45, 2.75) is 24.3 Å². The van der Waals surface area contributed by atoms with Crippen molar-refractivity contribution in [2.75, 3.05) is 12.9 Å². The van der Waals surface area contributed by atoms with E-state index >= 15 is 0 Å². The zero-order chi connectivity index (χ0) is 15.1. The molecule has 2 aromatic rings. The Morgan fingerprint density at radius 3 is 2.48 bits per heavy atom. The highest BCUT2D eigenvalue weighted by Crippen LogP contribution is 2.30. The summed E-state index contributed by atoms with van der Waals surface area (Å²) in [5, 5.41) is 0. The monoisotopic (exact) mass is 302 g/mol. The normalized spacial score (nSPS) is 12.1. The first-order valence-corrected chi connectivity index (χ1v) is 8.34. The minimum atomic E-state index is -0.0196. The Kier molecular flexibility index (Phi) is 6.11. The third kappa shape index (κ3) is 4.00. The number of thioether (sulfide) groups is 1. The largest absolute Gasteiger partial charge is 0.494 e. The Morgan fingerprint density at radius 2 is 1.86 bits per heavy atom. The van der Waals surface area contributed by atoms with Gasteiger partial charge < -0.3 is 4.74 Å². The van der Waals surface area contributed by atoms with Crippen LogP contribution in [0.25, 0.3) is 0 Å². The van der Waals surface area contributed by atoms with Gasteiger partial charge in [0.1, 0.15) is 5.75 Å². The van der Waals surface area contributed by atoms with Crippen molar-refractivity contribution in [3.8, 4) is 5.75 Å². The molecule has 21 heavy (non-hydrogen) atoms. The molecule has 4 heteroatoms. The molecule has 0 aliphatic heterocycles. The average Bonchev–Trinajstić information content (AvgIpc) is 2.55. The minimum Gasteiger partial charge on any atom is -0.494 e. The van der Waals surface area contributed by atoms with E-state index in [1.165, 1.54) is 10.5 Å². The highest BCUT2D eigenvalue weighted by molar-refractivity contribution is 7.98. The molecule has 3 N–H and O–H groups in total. The first kappa shape index (κ1) is 15.9. The van der Waals surface area contributed by atoms with E-state index < -0.39 is 0 Å². The molecule has 0 spiro atoms. The van der Waals surface area contributed by atoms with Crippen molar-refractivity contribution < 1.29 is 4.74 Å². The van der Waals surface area contributed by atoms with Gasteiger partial charge in [0.25, 0.3) is 0 Å². The minimum absolute atomic E-state index is 0.0196. The van der Waals surface area contributed by atoms with Gasteiger partial charge in [0, 0.05) is 4.90 Å². The lowest BCUT2D eigenvalue weighted by Gasteiger charge is -2.20. The lowest BCUT2D eigenvalue weighted by molar-refractivity contribution is 0.317. The van der Waals surface area contributed by atoms with Gasteiger partial charge in [-0.2, -0.15) is 0 Å². The molecule has 112 valence electrons. The van der Waals surface area contributed by atoms with Crippen LogP contribution >= 0.6 is 11.8 Å². The standard InChI is InChI=1S/C17H22N2OS/c1-3-12-20-14-10-8-13(9-11-14)17(19-18)15-6-4-5-7-16(15)21-2/h4-11,17,19H,3,12,18H2,1-2H3. The van der Waals surface area contributed by atoms with Gasteiger partial charge in [-0.15, -0.1) is 11.8 Å². The van der Waals surface area contributed by atoms with Gasteiger partial charge in [-0.1, -0.05) is 37.3 Å². The van der Waals surface area contributed by atoms with Gasteiger partial charge in [0.05, 0.1) is 12.6 Å². The summed E-state index contributed by atoms with van der Waals surface area (Å²) in [5.41, 5.74) is 5.24. The Morgan fingerprint density at radius 1 is 1.14 bits per heavy atom. The maximum absolute atomic E-state index is 5.79. The van der Waals surface area contributed by atoms with E-state index in [4.69, 9.17) is 10.6 Å². The summed E-state index contributed by atoms with van der Waals surface area (Å²) in [6.45, 7) is 2.84. The summed E-state index contributed by atoms with van der Waals surface area (Å²) in [6, 6.07) is 16.4. The number of nitrogens with one attached hydrogen (secondary N) is 1. The van der Waals surface area contributed by atoms with Crippen LogP contribution in [0, 0.1) is 0 Å². The Hall–Kier alpha value is -1.49. The van der Waals surface area contributed by atoms with E-state index in [-0.39, 0.29) is 6.04 Å². The second-order valence-electron chi connectivity index (χ2n) is 4.76. The van der Waals surface area contributed by atoms with Crippen LogP contribution in [0.2, 0.25) is 0 Å². The molecule has 0 radical (unpaired) electrons. The molecule has 2 rings (SSSR count). The number of ether oxygens (including phenoxy) is 1. The van der Waals surface area contributed by atoms with Crippen LogP contribution in [-0.2, 0) is 0 Å². The van der Waals surface area contributed by atoms with Crippen LogP contribution in [0.5, 0.6) is 5.75 Å². The lowest BCUT2D eigenvalue weighted by Crippen LogP contribution is -2.29. The van der Waals surface area contributed by atoms with Crippen LogP contribution in [0.1, 0.15) is 30.5 Å². The maximum atomic E-state index is 5.79. The van der Waals surface area contributed by atoms with Crippen LogP contribution in [0.3, 0.4) is 0 Å². The number of rotatable bonds is 7. The van der Waals surface area contributed by atoms with Crippen LogP contribution < -0.4 is 16.0 Å². The molecule has 0 aliphatic rings. The summed E-state index contributed by atoms with van der Waals surface area (Å²) < 4.78 is 5.62. The Bertz CT molecular complexity index is 557. The van der Waals surface area contributed by atoms with E-state index in [0.717, 1.165) is 24.3 Å². The lowest BCUT2D eigenvalue weighted by atomic mass is 9.99. The molecule has 0 aliphatic carbocycles. The number of nitrogens with two attached hydrogens (primary N) is 1.